The number of methoxy groups -OCH3 is 1. The summed E-state index contributed by atoms with van der Waals surface area (Å²) >= 11 is 6.07. The Morgan fingerprint density at radius 1 is 1.11 bits per heavy atom. The van der Waals surface area contributed by atoms with Gasteiger partial charge in [0.2, 0.25) is 21.8 Å². The quantitative estimate of drug-likeness (QED) is 0.401. The van der Waals surface area contributed by atoms with Crippen molar-refractivity contribution >= 4 is 39.1 Å². The molecule has 0 heterocycles. The summed E-state index contributed by atoms with van der Waals surface area (Å²) in [6.07, 6.45) is 6.78. The van der Waals surface area contributed by atoms with Gasteiger partial charge in [0, 0.05) is 30.6 Å². The van der Waals surface area contributed by atoms with Crippen LogP contribution in [0.5, 0.6) is 5.75 Å². The fourth-order valence-electron chi connectivity index (χ4n) is 4.71. The molecule has 1 aliphatic carbocycles. The van der Waals surface area contributed by atoms with Crippen LogP contribution in [0.3, 0.4) is 0 Å². The molecule has 3 rings (SSSR count). The van der Waals surface area contributed by atoms with Crippen molar-refractivity contribution in [2.24, 2.45) is 0 Å². The maximum atomic E-state index is 13.5. The zero-order valence-electron chi connectivity index (χ0n) is 22.4. The average Bonchev–Trinajstić information content (AvgIpc) is 2.89. The van der Waals surface area contributed by atoms with Crippen LogP contribution in [-0.2, 0) is 26.2 Å². The molecule has 0 aliphatic heterocycles. The number of anilines is 1. The van der Waals surface area contributed by atoms with Gasteiger partial charge in [-0.1, -0.05) is 49.1 Å². The molecule has 0 bridgehead atoms. The van der Waals surface area contributed by atoms with Gasteiger partial charge in [0.1, 0.15) is 11.8 Å². The molecular formula is C28H38ClN3O5S. The van der Waals surface area contributed by atoms with Crippen molar-refractivity contribution in [2.75, 3.05) is 24.2 Å². The van der Waals surface area contributed by atoms with Crippen LogP contribution in [0.15, 0.2) is 48.5 Å². The first kappa shape index (κ1) is 29.8. The Morgan fingerprint density at radius 3 is 2.39 bits per heavy atom. The first-order valence-electron chi connectivity index (χ1n) is 13.0. The number of amides is 2. The Balaban J connectivity index is 1.72. The summed E-state index contributed by atoms with van der Waals surface area (Å²) in [6, 6.07) is 13.4. The van der Waals surface area contributed by atoms with Gasteiger partial charge in [-0.2, -0.15) is 0 Å². The number of carbonyl (C=O) groups is 2. The monoisotopic (exact) mass is 563 g/mol. The minimum atomic E-state index is -3.58. The number of hydrogen-bond donors (Lipinski definition) is 1. The van der Waals surface area contributed by atoms with Crippen LogP contribution >= 0.6 is 11.6 Å². The SMILES string of the molecule is COc1ccc(CN(C(=O)CCCN(c2cccc(Cl)c2)S(C)(=O)=O)[C@H](C)C(=O)NC2CCCCC2)cc1. The van der Waals surface area contributed by atoms with Crippen LogP contribution < -0.4 is 14.4 Å². The highest BCUT2D eigenvalue weighted by Crippen LogP contribution is 2.23. The minimum absolute atomic E-state index is 0.0871. The molecule has 208 valence electrons. The van der Waals surface area contributed by atoms with Gasteiger partial charge in [-0.05, 0) is 62.1 Å². The summed E-state index contributed by atoms with van der Waals surface area (Å²) in [6.45, 7) is 2.12. The zero-order chi connectivity index (χ0) is 27.7. The molecule has 1 fully saturated rings. The molecule has 1 N–H and O–H groups in total. The molecule has 2 aromatic rings. The molecule has 1 aliphatic rings. The van der Waals surface area contributed by atoms with E-state index in [1.807, 2.05) is 24.3 Å². The molecule has 0 unspecified atom stereocenters. The molecule has 1 saturated carbocycles. The first-order valence-corrected chi connectivity index (χ1v) is 15.3. The predicted molar refractivity (Wildman–Crippen MR) is 151 cm³/mol. The van der Waals surface area contributed by atoms with Gasteiger partial charge in [-0.15, -0.1) is 0 Å². The molecule has 8 nitrogen and oxygen atoms in total. The van der Waals surface area contributed by atoms with Crippen LogP contribution in [-0.4, -0.2) is 57.1 Å². The molecule has 38 heavy (non-hydrogen) atoms. The molecule has 2 aromatic carbocycles. The summed E-state index contributed by atoms with van der Waals surface area (Å²) in [5.74, 6) is 0.318. The maximum Gasteiger partial charge on any atom is 0.242 e. The van der Waals surface area contributed by atoms with E-state index in [1.165, 1.54) is 10.7 Å². The van der Waals surface area contributed by atoms with E-state index in [2.05, 4.69) is 5.32 Å². The van der Waals surface area contributed by atoms with E-state index in [9.17, 15) is 18.0 Å². The van der Waals surface area contributed by atoms with Crippen LogP contribution in [0.1, 0.15) is 57.4 Å². The maximum absolute atomic E-state index is 13.5. The van der Waals surface area contributed by atoms with E-state index in [0.29, 0.717) is 16.5 Å². The normalized spacial score (nSPS) is 14.9. The number of nitrogens with zero attached hydrogens (tertiary/aromatic N) is 2. The van der Waals surface area contributed by atoms with Gasteiger partial charge in [0.05, 0.1) is 19.1 Å². The molecule has 0 aromatic heterocycles. The molecular weight excluding hydrogens is 526 g/mol. The average molecular weight is 564 g/mol. The fourth-order valence-corrected chi connectivity index (χ4v) is 5.86. The number of ether oxygens (including phenoxy) is 1. The van der Waals surface area contributed by atoms with E-state index >= 15 is 0 Å². The van der Waals surface area contributed by atoms with E-state index in [4.69, 9.17) is 16.3 Å². The second-order valence-corrected chi connectivity index (χ2v) is 12.2. The van der Waals surface area contributed by atoms with Gasteiger partial charge < -0.3 is 15.0 Å². The fraction of sp³-hybridized carbons (Fsp3) is 0.500. The summed E-state index contributed by atoms with van der Waals surface area (Å²) in [7, 11) is -1.99. The van der Waals surface area contributed by atoms with Gasteiger partial charge in [-0.25, -0.2) is 8.42 Å². The van der Waals surface area contributed by atoms with E-state index in [-0.39, 0.29) is 43.8 Å². The second kappa shape index (κ2) is 13.8. The van der Waals surface area contributed by atoms with Gasteiger partial charge in [0.25, 0.3) is 0 Å². The lowest BCUT2D eigenvalue weighted by atomic mass is 9.95. The van der Waals surface area contributed by atoms with Crippen LogP contribution in [0.25, 0.3) is 0 Å². The molecule has 0 spiro atoms. The Hall–Kier alpha value is -2.78. The number of carbonyl (C=O) groups excluding carboxylic acids is 2. The molecule has 1 atom stereocenters. The molecule has 10 heteroatoms. The number of rotatable bonds is 12. The van der Waals surface area contributed by atoms with Crippen LogP contribution in [0, 0.1) is 0 Å². The number of halogens is 1. The van der Waals surface area contributed by atoms with Gasteiger partial charge >= 0.3 is 0 Å². The molecule has 0 saturated heterocycles. The largest absolute Gasteiger partial charge is 0.497 e. The Morgan fingerprint density at radius 2 is 1.79 bits per heavy atom. The third-order valence-corrected chi connectivity index (χ3v) is 8.31. The lowest BCUT2D eigenvalue weighted by Gasteiger charge is -2.31. The first-order chi connectivity index (χ1) is 18.1. The number of hydrogen-bond acceptors (Lipinski definition) is 5. The second-order valence-electron chi connectivity index (χ2n) is 9.81. The van der Waals surface area contributed by atoms with Gasteiger partial charge in [-0.3, -0.25) is 13.9 Å². The lowest BCUT2D eigenvalue weighted by molar-refractivity contribution is -0.141. The Kier molecular flexibility index (Phi) is 10.8. The summed E-state index contributed by atoms with van der Waals surface area (Å²) < 4.78 is 31.4. The Labute approximate surface area is 231 Å². The third-order valence-electron chi connectivity index (χ3n) is 6.88. The highest BCUT2D eigenvalue weighted by Gasteiger charge is 2.28. The standard InChI is InChI=1S/C28H38ClN3O5S/c1-21(28(34)30-24-10-5-4-6-11-24)31(20-22-14-16-26(37-2)17-15-22)27(33)13-8-18-32(38(3,35)36)25-12-7-9-23(29)19-25/h7,9,12,14-17,19,21,24H,4-6,8,10-11,13,18,20H2,1-3H3,(H,30,34)/t21-/m1/s1. The highest BCUT2D eigenvalue weighted by atomic mass is 35.5. The predicted octanol–water partition coefficient (Wildman–Crippen LogP) is 4.76. The van der Waals surface area contributed by atoms with Crippen LogP contribution in [0.4, 0.5) is 5.69 Å². The van der Waals surface area contributed by atoms with Crippen molar-refractivity contribution in [2.45, 2.75) is 70.5 Å². The summed E-state index contributed by atoms with van der Waals surface area (Å²) in [5, 5.41) is 3.55. The van der Waals surface area contributed by atoms with E-state index in [0.717, 1.165) is 37.5 Å². The smallest absolute Gasteiger partial charge is 0.242 e. The lowest BCUT2D eigenvalue weighted by Crippen LogP contribution is -2.50. The molecule has 2 amide bonds. The Bertz CT molecular complexity index is 1180. The van der Waals surface area contributed by atoms with Crippen molar-refractivity contribution < 1.29 is 22.7 Å². The van der Waals surface area contributed by atoms with Gasteiger partial charge in [0.15, 0.2) is 0 Å². The summed E-state index contributed by atoms with van der Waals surface area (Å²) in [5.41, 5.74) is 1.32. The van der Waals surface area contributed by atoms with Crippen LogP contribution in [0.2, 0.25) is 5.02 Å². The topological polar surface area (TPSA) is 96.0 Å². The van der Waals surface area contributed by atoms with E-state index < -0.39 is 16.1 Å². The van der Waals surface area contributed by atoms with E-state index in [1.54, 1.807) is 43.2 Å². The highest BCUT2D eigenvalue weighted by molar-refractivity contribution is 7.92. The summed E-state index contributed by atoms with van der Waals surface area (Å²) in [4.78, 5) is 28.2. The zero-order valence-corrected chi connectivity index (χ0v) is 23.9. The van der Waals surface area contributed by atoms with Crippen molar-refractivity contribution in [3.8, 4) is 5.75 Å². The van der Waals surface area contributed by atoms with Crippen molar-refractivity contribution in [3.05, 3.63) is 59.1 Å². The molecule has 0 radical (unpaired) electrons. The number of nitrogens with one attached hydrogen (secondary N) is 1. The van der Waals surface area contributed by atoms with Crippen molar-refractivity contribution in [1.82, 2.24) is 10.2 Å². The number of benzene rings is 2. The van der Waals surface area contributed by atoms with Crippen molar-refractivity contribution in [1.29, 1.82) is 0 Å². The number of sulfonamides is 1. The third kappa shape index (κ3) is 8.63. The minimum Gasteiger partial charge on any atom is -0.497 e. The van der Waals surface area contributed by atoms with Crippen molar-refractivity contribution in [3.63, 3.8) is 0 Å².